The van der Waals surface area contributed by atoms with Gasteiger partial charge in [-0.1, -0.05) is 30.3 Å². The lowest BCUT2D eigenvalue weighted by Gasteiger charge is -2.36. The molecule has 0 aromatic heterocycles. The molecule has 1 aliphatic rings. The summed E-state index contributed by atoms with van der Waals surface area (Å²) in [5, 5.41) is 10.3. The Kier molecular flexibility index (Phi) is 6.85. The maximum absolute atomic E-state index is 11.1. The summed E-state index contributed by atoms with van der Waals surface area (Å²) in [6.07, 6.45) is -0.0807. The number of carbonyl (C=O) groups is 1. The predicted molar refractivity (Wildman–Crippen MR) is 107 cm³/mol. The van der Waals surface area contributed by atoms with E-state index >= 15 is 0 Å². The smallest absolute Gasteiger partial charge is 0.134 e. The predicted octanol–water partition coefficient (Wildman–Crippen LogP) is 2.38. The van der Waals surface area contributed by atoms with Crippen LogP contribution in [-0.4, -0.2) is 61.2 Å². The fourth-order valence-electron chi connectivity index (χ4n) is 3.36. The monoisotopic (exact) mass is 368 g/mol. The van der Waals surface area contributed by atoms with Crippen LogP contribution in [0.15, 0.2) is 54.6 Å². The number of rotatable bonds is 8. The summed E-state index contributed by atoms with van der Waals surface area (Å²) in [6.45, 7) is 6.28. The molecule has 27 heavy (non-hydrogen) atoms. The van der Waals surface area contributed by atoms with Crippen molar-refractivity contribution in [2.75, 3.05) is 44.2 Å². The topological polar surface area (TPSA) is 53.0 Å². The van der Waals surface area contributed by atoms with Crippen molar-refractivity contribution in [3.05, 3.63) is 60.2 Å². The molecule has 1 fully saturated rings. The Hall–Kier alpha value is -2.37. The van der Waals surface area contributed by atoms with Crippen LogP contribution in [-0.2, 0) is 11.2 Å². The summed E-state index contributed by atoms with van der Waals surface area (Å²) in [4.78, 5) is 15.8. The van der Waals surface area contributed by atoms with Crippen LogP contribution >= 0.6 is 0 Å². The lowest BCUT2D eigenvalue weighted by molar-refractivity contribution is -0.116. The van der Waals surface area contributed by atoms with Crippen LogP contribution in [0.5, 0.6) is 5.75 Å². The average molecular weight is 368 g/mol. The van der Waals surface area contributed by atoms with Crippen LogP contribution in [0.25, 0.3) is 0 Å². The van der Waals surface area contributed by atoms with Crippen molar-refractivity contribution in [2.45, 2.75) is 19.4 Å². The summed E-state index contributed by atoms with van der Waals surface area (Å²) in [5.74, 6) is 0.863. The molecule has 0 radical (unpaired) electrons. The van der Waals surface area contributed by atoms with Crippen molar-refractivity contribution in [1.82, 2.24) is 4.90 Å². The van der Waals surface area contributed by atoms with E-state index in [0.29, 0.717) is 13.0 Å². The first kappa shape index (κ1) is 19.4. The summed E-state index contributed by atoms with van der Waals surface area (Å²) in [6, 6.07) is 17.9. The molecule has 3 rings (SSSR count). The molecule has 1 heterocycles. The van der Waals surface area contributed by atoms with E-state index in [2.05, 4.69) is 34.1 Å². The fraction of sp³-hybridized carbons (Fsp3) is 0.409. The third-order valence-electron chi connectivity index (χ3n) is 4.78. The molecule has 1 unspecified atom stereocenters. The highest BCUT2D eigenvalue weighted by Gasteiger charge is 2.19. The fourth-order valence-corrected chi connectivity index (χ4v) is 3.36. The molecule has 0 aliphatic carbocycles. The third kappa shape index (κ3) is 6.08. The van der Waals surface area contributed by atoms with E-state index in [9.17, 15) is 9.90 Å². The molecule has 0 bridgehead atoms. The van der Waals surface area contributed by atoms with Crippen LogP contribution in [0.3, 0.4) is 0 Å². The molecule has 0 amide bonds. The van der Waals surface area contributed by atoms with Gasteiger partial charge >= 0.3 is 0 Å². The van der Waals surface area contributed by atoms with E-state index in [0.717, 1.165) is 37.5 Å². The van der Waals surface area contributed by atoms with Crippen LogP contribution in [0, 0.1) is 0 Å². The van der Waals surface area contributed by atoms with Gasteiger partial charge in [0.15, 0.2) is 0 Å². The molecule has 144 valence electrons. The van der Waals surface area contributed by atoms with Gasteiger partial charge in [-0.2, -0.15) is 0 Å². The van der Waals surface area contributed by atoms with E-state index in [4.69, 9.17) is 4.74 Å². The summed E-state index contributed by atoms with van der Waals surface area (Å²) < 4.78 is 5.69. The van der Waals surface area contributed by atoms with E-state index in [-0.39, 0.29) is 12.4 Å². The Morgan fingerprint density at radius 2 is 1.70 bits per heavy atom. The van der Waals surface area contributed by atoms with Gasteiger partial charge in [0.25, 0.3) is 0 Å². The van der Waals surface area contributed by atoms with Crippen LogP contribution in [0.2, 0.25) is 0 Å². The maximum Gasteiger partial charge on any atom is 0.134 e. The van der Waals surface area contributed by atoms with Gasteiger partial charge in [-0.25, -0.2) is 0 Å². The van der Waals surface area contributed by atoms with Crippen molar-refractivity contribution >= 4 is 11.5 Å². The van der Waals surface area contributed by atoms with Gasteiger partial charge in [0.1, 0.15) is 24.2 Å². The number of nitrogens with zero attached hydrogens (tertiary/aromatic N) is 2. The Bertz CT molecular complexity index is 710. The van der Waals surface area contributed by atoms with Crippen LogP contribution in [0.4, 0.5) is 5.69 Å². The Morgan fingerprint density at radius 1 is 1.04 bits per heavy atom. The van der Waals surface area contributed by atoms with E-state index in [1.165, 1.54) is 5.69 Å². The second kappa shape index (κ2) is 9.53. The van der Waals surface area contributed by atoms with Crippen LogP contribution in [0.1, 0.15) is 12.5 Å². The Balaban J connectivity index is 1.38. The van der Waals surface area contributed by atoms with Crippen molar-refractivity contribution in [3.8, 4) is 5.75 Å². The zero-order valence-corrected chi connectivity index (χ0v) is 15.9. The molecule has 1 aliphatic heterocycles. The number of ketones is 1. The quantitative estimate of drug-likeness (QED) is 0.775. The molecule has 2 aromatic rings. The number of para-hydroxylation sites is 1. The van der Waals surface area contributed by atoms with Gasteiger partial charge in [-0.05, 0) is 36.8 Å². The number of aliphatic hydroxyl groups is 1. The van der Waals surface area contributed by atoms with E-state index in [1.54, 1.807) is 6.92 Å². The number of carbonyl (C=O) groups excluding carboxylic acids is 1. The summed E-state index contributed by atoms with van der Waals surface area (Å²) in [5.41, 5.74) is 2.24. The van der Waals surface area contributed by atoms with Crippen LogP contribution < -0.4 is 9.64 Å². The van der Waals surface area contributed by atoms with Gasteiger partial charge in [0, 0.05) is 44.8 Å². The number of Topliss-reactive ketones (excluding diaryl/α,β-unsaturated/α-hetero) is 1. The van der Waals surface area contributed by atoms with Crippen molar-refractivity contribution in [1.29, 1.82) is 0 Å². The summed E-state index contributed by atoms with van der Waals surface area (Å²) in [7, 11) is 0. The molecule has 1 N–H and O–H groups in total. The minimum atomic E-state index is -0.523. The number of piperazine rings is 1. The first-order valence-electron chi connectivity index (χ1n) is 9.52. The van der Waals surface area contributed by atoms with Gasteiger partial charge in [0.2, 0.25) is 0 Å². The minimum Gasteiger partial charge on any atom is -0.491 e. The first-order chi connectivity index (χ1) is 13.1. The first-order valence-corrected chi connectivity index (χ1v) is 9.52. The van der Waals surface area contributed by atoms with Crippen molar-refractivity contribution < 1.29 is 14.6 Å². The lowest BCUT2D eigenvalue weighted by atomic mass is 10.1. The van der Waals surface area contributed by atoms with Gasteiger partial charge in [0.05, 0.1) is 0 Å². The number of β-amino-alcohol motifs (C(OH)–C–C–N with tert-alkyl or cyclic N) is 1. The largest absolute Gasteiger partial charge is 0.491 e. The van der Waals surface area contributed by atoms with Gasteiger partial charge in [-0.15, -0.1) is 0 Å². The number of benzene rings is 2. The minimum absolute atomic E-state index is 0.145. The molecule has 0 spiro atoms. The highest BCUT2D eigenvalue weighted by Crippen LogP contribution is 2.16. The number of anilines is 1. The van der Waals surface area contributed by atoms with E-state index < -0.39 is 6.10 Å². The molecule has 1 saturated heterocycles. The highest BCUT2D eigenvalue weighted by molar-refractivity contribution is 5.78. The van der Waals surface area contributed by atoms with E-state index in [1.807, 2.05) is 30.3 Å². The maximum atomic E-state index is 11.1. The highest BCUT2D eigenvalue weighted by atomic mass is 16.5. The molecular formula is C22H28N2O3. The van der Waals surface area contributed by atoms with Crippen molar-refractivity contribution in [3.63, 3.8) is 0 Å². The molecule has 5 heteroatoms. The molecule has 5 nitrogen and oxygen atoms in total. The van der Waals surface area contributed by atoms with Gasteiger partial charge in [-0.3, -0.25) is 9.69 Å². The second-order valence-corrected chi connectivity index (χ2v) is 7.11. The average Bonchev–Trinajstić information content (AvgIpc) is 2.68. The molecular weight excluding hydrogens is 340 g/mol. The summed E-state index contributed by atoms with van der Waals surface area (Å²) >= 11 is 0. The Labute approximate surface area is 161 Å². The number of aliphatic hydroxyl groups excluding tert-OH is 1. The number of hydrogen-bond donors (Lipinski definition) is 1. The third-order valence-corrected chi connectivity index (χ3v) is 4.78. The number of hydrogen-bond acceptors (Lipinski definition) is 5. The van der Waals surface area contributed by atoms with Crippen molar-refractivity contribution in [2.24, 2.45) is 0 Å². The number of ether oxygens (including phenoxy) is 1. The molecule has 2 aromatic carbocycles. The molecule has 1 atom stereocenters. The Morgan fingerprint density at radius 3 is 2.33 bits per heavy atom. The van der Waals surface area contributed by atoms with Gasteiger partial charge < -0.3 is 14.7 Å². The molecule has 0 saturated carbocycles. The zero-order valence-electron chi connectivity index (χ0n) is 15.9. The zero-order chi connectivity index (χ0) is 19.1. The standard InChI is InChI=1S/C22H28N2O3/c1-18(25)15-19-7-9-22(10-8-19)27-17-21(26)16-23-11-13-24(14-12-23)20-5-3-2-4-6-20/h2-10,21,26H,11-17H2,1H3. The SMILES string of the molecule is CC(=O)Cc1ccc(OCC(O)CN2CCN(c3ccccc3)CC2)cc1. The lowest BCUT2D eigenvalue weighted by Crippen LogP contribution is -2.49. The second-order valence-electron chi connectivity index (χ2n) is 7.11. The normalized spacial score (nSPS) is 16.1.